The molecule has 0 N–H and O–H groups in total. The van der Waals surface area contributed by atoms with Gasteiger partial charge in [0.15, 0.2) is 5.79 Å². The van der Waals surface area contributed by atoms with Crippen molar-refractivity contribution in [2.75, 3.05) is 13.2 Å². The Balaban J connectivity index is 4.36. The van der Waals surface area contributed by atoms with Gasteiger partial charge in [0.2, 0.25) is 0 Å². The summed E-state index contributed by atoms with van der Waals surface area (Å²) in [6.07, 6.45) is 12.6. The first kappa shape index (κ1) is 19.4. The zero-order valence-corrected chi connectivity index (χ0v) is 13.8. The van der Waals surface area contributed by atoms with Crippen LogP contribution in [0, 0.1) is 5.92 Å². The SMILES string of the molecule is C=CC(CCCCCCCC)C(C=C)(OCC)OCC. The molecule has 0 saturated heterocycles. The Bertz CT molecular complexity index is 242. The highest BCUT2D eigenvalue weighted by Crippen LogP contribution is 2.31. The summed E-state index contributed by atoms with van der Waals surface area (Å²) in [6.45, 7) is 15.3. The average Bonchev–Trinajstić information content (AvgIpc) is 2.46. The van der Waals surface area contributed by atoms with Gasteiger partial charge in [0, 0.05) is 19.1 Å². The fourth-order valence-electron chi connectivity index (χ4n) is 2.60. The lowest BCUT2D eigenvalue weighted by molar-refractivity contribution is -0.222. The van der Waals surface area contributed by atoms with Gasteiger partial charge in [0.25, 0.3) is 0 Å². The molecule has 0 amide bonds. The molecule has 0 bridgehead atoms. The van der Waals surface area contributed by atoms with E-state index in [1.165, 1.54) is 38.5 Å². The van der Waals surface area contributed by atoms with E-state index in [1.54, 1.807) is 6.08 Å². The van der Waals surface area contributed by atoms with Crippen LogP contribution in [0.25, 0.3) is 0 Å². The third-order valence-electron chi connectivity index (χ3n) is 3.69. The lowest BCUT2D eigenvalue weighted by Crippen LogP contribution is -2.41. The number of rotatable bonds is 14. The van der Waals surface area contributed by atoms with Gasteiger partial charge < -0.3 is 9.47 Å². The van der Waals surface area contributed by atoms with Crippen LogP contribution in [0.4, 0.5) is 0 Å². The molecule has 0 aliphatic carbocycles. The van der Waals surface area contributed by atoms with E-state index in [1.807, 2.05) is 19.9 Å². The summed E-state index contributed by atoms with van der Waals surface area (Å²) in [5.74, 6) is -0.527. The zero-order chi connectivity index (χ0) is 15.3. The molecule has 2 nitrogen and oxygen atoms in total. The molecule has 118 valence electrons. The highest BCUT2D eigenvalue weighted by Gasteiger charge is 2.35. The van der Waals surface area contributed by atoms with Crippen molar-refractivity contribution in [3.8, 4) is 0 Å². The number of ether oxygens (including phenoxy) is 2. The minimum atomic E-state index is -0.700. The largest absolute Gasteiger partial charge is 0.346 e. The fourth-order valence-corrected chi connectivity index (χ4v) is 2.60. The minimum absolute atomic E-state index is 0.172. The summed E-state index contributed by atoms with van der Waals surface area (Å²) < 4.78 is 11.7. The van der Waals surface area contributed by atoms with Gasteiger partial charge in [-0.1, -0.05) is 58.1 Å². The fraction of sp³-hybridized carbons (Fsp3) is 0.778. The molecule has 0 aromatic heterocycles. The van der Waals surface area contributed by atoms with Crippen LogP contribution in [0.5, 0.6) is 0 Å². The summed E-state index contributed by atoms with van der Waals surface area (Å²) in [5.41, 5.74) is 0. The third kappa shape index (κ3) is 6.71. The lowest BCUT2D eigenvalue weighted by Gasteiger charge is -2.36. The number of hydrogen-bond acceptors (Lipinski definition) is 2. The Morgan fingerprint density at radius 2 is 1.45 bits per heavy atom. The highest BCUT2D eigenvalue weighted by atomic mass is 16.7. The van der Waals surface area contributed by atoms with Gasteiger partial charge in [-0.2, -0.15) is 0 Å². The molecule has 0 spiro atoms. The standard InChI is InChI=1S/C18H34O2/c1-6-11-12-13-14-15-16-17(7-2)18(8-3,19-9-4)20-10-5/h7-8,17H,2-3,6,9-16H2,1,4-5H3. The Labute approximate surface area is 126 Å². The topological polar surface area (TPSA) is 18.5 Å². The second-order valence-electron chi connectivity index (χ2n) is 5.19. The molecule has 0 aromatic rings. The maximum absolute atomic E-state index is 5.86. The van der Waals surface area contributed by atoms with E-state index in [0.717, 1.165) is 6.42 Å². The maximum atomic E-state index is 5.86. The Morgan fingerprint density at radius 1 is 0.900 bits per heavy atom. The van der Waals surface area contributed by atoms with Crippen LogP contribution in [0.1, 0.15) is 65.7 Å². The molecule has 1 atom stereocenters. The molecule has 0 saturated carbocycles. The van der Waals surface area contributed by atoms with Gasteiger partial charge in [-0.3, -0.25) is 0 Å². The molecule has 0 aliphatic heterocycles. The Kier molecular flexibility index (Phi) is 11.8. The smallest absolute Gasteiger partial charge is 0.193 e. The van der Waals surface area contributed by atoms with Crippen molar-refractivity contribution in [1.82, 2.24) is 0 Å². The van der Waals surface area contributed by atoms with E-state index in [4.69, 9.17) is 9.47 Å². The average molecular weight is 282 g/mol. The number of unbranched alkanes of at least 4 members (excludes halogenated alkanes) is 5. The van der Waals surface area contributed by atoms with Crippen molar-refractivity contribution < 1.29 is 9.47 Å². The van der Waals surface area contributed by atoms with Crippen LogP contribution in [0.15, 0.2) is 25.3 Å². The van der Waals surface area contributed by atoms with Crippen LogP contribution in [-0.4, -0.2) is 19.0 Å². The van der Waals surface area contributed by atoms with Crippen LogP contribution < -0.4 is 0 Å². The maximum Gasteiger partial charge on any atom is 0.193 e. The van der Waals surface area contributed by atoms with E-state index in [0.29, 0.717) is 13.2 Å². The summed E-state index contributed by atoms with van der Waals surface area (Å²) in [5, 5.41) is 0. The molecule has 2 heteroatoms. The van der Waals surface area contributed by atoms with E-state index in [2.05, 4.69) is 20.1 Å². The van der Waals surface area contributed by atoms with Gasteiger partial charge in [-0.05, 0) is 26.3 Å². The first-order valence-corrected chi connectivity index (χ1v) is 8.24. The predicted molar refractivity (Wildman–Crippen MR) is 87.9 cm³/mol. The summed E-state index contributed by atoms with van der Waals surface area (Å²) in [6, 6.07) is 0. The second kappa shape index (κ2) is 12.2. The van der Waals surface area contributed by atoms with Crippen molar-refractivity contribution in [2.24, 2.45) is 5.92 Å². The highest BCUT2D eigenvalue weighted by molar-refractivity contribution is 5.01. The van der Waals surface area contributed by atoms with E-state index < -0.39 is 5.79 Å². The summed E-state index contributed by atoms with van der Waals surface area (Å²) in [4.78, 5) is 0. The van der Waals surface area contributed by atoms with Gasteiger partial charge in [-0.25, -0.2) is 0 Å². The van der Waals surface area contributed by atoms with E-state index >= 15 is 0 Å². The van der Waals surface area contributed by atoms with E-state index in [9.17, 15) is 0 Å². The molecule has 0 rings (SSSR count). The summed E-state index contributed by atoms with van der Waals surface area (Å²) in [7, 11) is 0. The molecule has 1 unspecified atom stereocenters. The van der Waals surface area contributed by atoms with Gasteiger partial charge in [0.05, 0.1) is 0 Å². The predicted octanol–water partition coefficient (Wildman–Crippen LogP) is 5.49. The molecule has 0 aliphatic rings. The first-order chi connectivity index (χ1) is 9.70. The van der Waals surface area contributed by atoms with Crippen LogP contribution in [-0.2, 0) is 9.47 Å². The van der Waals surface area contributed by atoms with E-state index in [-0.39, 0.29) is 5.92 Å². The van der Waals surface area contributed by atoms with Crippen LogP contribution >= 0.6 is 0 Å². The number of hydrogen-bond donors (Lipinski definition) is 0. The lowest BCUT2D eigenvalue weighted by atomic mass is 9.91. The zero-order valence-electron chi connectivity index (χ0n) is 13.8. The van der Waals surface area contributed by atoms with Gasteiger partial charge >= 0.3 is 0 Å². The van der Waals surface area contributed by atoms with Gasteiger partial charge in [0.1, 0.15) is 0 Å². The third-order valence-corrected chi connectivity index (χ3v) is 3.69. The Hall–Kier alpha value is -0.600. The van der Waals surface area contributed by atoms with Gasteiger partial charge in [-0.15, -0.1) is 6.58 Å². The van der Waals surface area contributed by atoms with Crippen LogP contribution in [0.2, 0.25) is 0 Å². The molecular weight excluding hydrogens is 248 g/mol. The molecular formula is C18H34O2. The van der Waals surface area contributed by atoms with Crippen molar-refractivity contribution >= 4 is 0 Å². The molecule has 0 aromatic carbocycles. The quantitative estimate of drug-likeness (QED) is 0.238. The minimum Gasteiger partial charge on any atom is -0.346 e. The monoisotopic (exact) mass is 282 g/mol. The molecule has 0 fully saturated rings. The van der Waals surface area contributed by atoms with Crippen molar-refractivity contribution in [2.45, 2.75) is 71.5 Å². The molecule has 20 heavy (non-hydrogen) atoms. The first-order valence-electron chi connectivity index (χ1n) is 8.24. The second-order valence-corrected chi connectivity index (χ2v) is 5.19. The summed E-state index contributed by atoms with van der Waals surface area (Å²) >= 11 is 0. The van der Waals surface area contributed by atoms with Crippen molar-refractivity contribution in [1.29, 1.82) is 0 Å². The van der Waals surface area contributed by atoms with Crippen molar-refractivity contribution in [3.63, 3.8) is 0 Å². The Morgan fingerprint density at radius 3 is 1.90 bits per heavy atom. The van der Waals surface area contributed by atoms with Crippen molar-refractivity contribution in [3.05, 3.63) is 25.3 Å². The molecule has 0 radical (unpaired) electrons. The molecule has 0 heterocycles. The normalized spacial score (nSPS) is 13.2. The van der Waals surface area contributed by atoms with Crippen LogP contribution in [0.3, 0.4) is 0 Å².